The fraction of sp³-hybridized carbons (Fsp3) is 0.0385. The minimum absolute atomic E-state index is 0.662. The van der Waals surface area contributed by atoms with E-state index in [2.05, 4.69) is 66.7 Å². The van der Waals surface area contributed by atoms with Gasteiger partial charge in [-0.05, 0) is 28.5 Å². The van der Waals surface area contributed by atoms with Crippen LogP contribution in [0.25, 0.3) is 33.5 Å². The van der Waals surface area contributed by atoms with Gasteiger partial charge in [0.25, 0.3) is 0 Å². The molecule has 5 aromatic rings. The van der Waals surface area contributed by atoms with Crippen LogP contribution < -0.4 is 0 Å². The molecule has 134 valence electrons. The van der Waals surface area contributed by atoms with Crippen LogP contribution >= 0.6 is 0 Å². The molecule has 0 saturated carbocycles. The third-order valence-electron chi connectivity index (χ3n) is 4.97. The summed E-state index contributed by atoms with van der Waals surface area (Å²) in [7, 11) is 0. The Bertz CT molecular complexity index is 1220. The smallest absolute Gasteiger partial charge is 0.226 e. The van der Waals surface area contributed by atoms with E-state index in [9.17, 15) is 0 Å². The molecule has 5 rings (SSSR count). The number of rotatable bonds is 4. The third kappa shape index (κ3) is 3.10. The summed E-state index contributed by atoms with van der Waals surface area (Å²) in [5, 5.41) is 2.39. The molecule has 0 radical (unpaired) electrons. The van der Waals surface area contributed by atoms with Gasteiger partial charge in [-0.2, -0.15) is 0 Å². The van der Waals surface area contributed by atoms with Crippen molar-refractivity contribution < 1.29 is 4.42 Å². The van der Waals surface area contributed by atoms with Crippen LogP contribution in [0, 0.1) is 0 Å². The van der Waals surface area contributed by atoms with E-state index in [0.29, 0.717) is 12.3 Å². The van der Waals surface area contributed by atoms with E-state index in [1.165, 1.54) is 16.3 Å². The van der Waals surface area contributed by atoms with Crippen molar-refractivity contribution >= 4 is 10.8 Å². The monoisotopic (exact) mass is 361 g/mol. The summed E-state index contributed by atoms with van der Waals surface area (Å²) in [4.78, 5) is 4.93. The van der Waals surface area contributed by atoms with Crippen LogP contribution in [0.2, 0.25) is 0 Å². The average molecular weight is 361 g/mol. The molecule has 0 amide bonds. The molecule has 1 heterocycles. The molecule has 0 N–H and O–H groups in total. The Hall–Kier alpha value is -3.65. The van der Waals surface area contributed by atoms with Crippen LogP contribution in [0.1, 0.15) is 11.3 Å². The lowest BCUT2D eigenvalue weighted by atomic mass is 9.99. The van der Waals surface area contributed by atoms with Crippen molar-refractivity contribution in [2.45, 2.75) is 6.42 Å². The molecule has 0 aliphatic rings. The Morgan fingerprint density at radius 3 is 2.14 bits per heavy atom. The molecule has 4 aromatic carbocycles. The normalized spacial score (nSPS) is 11.0. The molecular formula is C26H19NO. The summed E-state index contributed by atoms with van der Waals surface area (Å²) in [6, 6.07) is 35.2. The fourth-order valence-electron chi connectivity index (χ4n) is 3.60. The van der Waals surface area contributed by atoms with E-state index >= 15 is 0 Å². The highest BCUT2D eigenvalue weighted by atomic mass is 16.4. The maximum absolute atomic E-state index is 6.30. The minimum Gasteiger partial charge on any atom is -0.440 e. The lowest BCUT2D eigenvalue weighted by molar-refractivity contribution is 0.530. The van der Waals surface area contributed by atoms with Gasteiger partial charge in [-0.3, -0.25) is 0 Å². The molecule has 0 aliphatic heterocycles. The average Bonchev–Trinajstić information content (AvgIpc) is 3.18. The molecule has 28 heavy (non-hydrogen) atoms. The Balaban J connectivity index is 1.70. The van der Waals surface area contributed by atoms with Crippen molar-refractivity contribution in [2.24, 2.45) is 0 Å². The van der Waals surface area contributed by atoms with Gasteiger partial charge >= 0.3 is 0 Å². The van der Waals surface area contributed by atoms with Gasteiger partial charge in [-0.1, -0.05) is 91.0 Å². The van der Waals surface area contributed by atoms with Crippen molar-refractivity contribution in [3.63, 3.8) is 0 Å². The van der Waals surface area contributed by atoms with E-state index in [4.69, 9.17) is 9.40 Å². The maximum atomic E-state index is 6.30. The van der Waals surface area contributed by atoms with Crippen LogP contribution in [-0.4, -0.2) is 4.98 Å². The number of hydrogen-bond donors (Lipinski definition) is 0. The highest BCUT2D eigenvalue weighted by Crippen LogP contribution is 2.34. The Kier molecular flexibility index (Phi) is 4.23. The van der Waals surface area contributed by atoms with Crippen molar-refractivity contribution in [2.75, 3.05) is 0 Å². The lowest BCUT2D eigenvalue weighted by Gasteiger charge is -2.06. The van der Waals surface area contributed by atoms with Crippen molar-refractivity contribution in [1.29, 1.82) is 0 Å². The molecule has 2 heteroatoms. The largest absolute Gasteiger partial charge is 0.440 e. The number of aromatic nitrogens is 1. The predicted molar refractivity (Wildman–Crippen MR) is 114 cm³/mol. The summed E-state index contributed by atoms with van der Waals surface area (Å²) >= 11 is 0. The summed E-state index contributed by atoms with van der Waals surface area (Å²) < 4.78 is 6.30. The first-order chi connectivity index (χ1) is 13.9. The number of hydrogen-bond acceptors (Lipinski definition) is 2. The highest BCUT2D eigenvalue weighted by Gasteiger charge is 2.18. The molecule has 0 aliphatic carbocycles. The first-order valence-corrected chi connectivity index (χ1v) is 9.46. The van der Waals surface area contributed by atoms with Crippen LogP contribution in [0.5, 0.6) is 0 Å². The van der Waals surface area contributed by atoms with Crippen molar-refractivity contribution in [1.82, 2.24) is 4.98 Å². The molecule has 2 nitrogen and oxygen atoms in total. The van der Waals surface area contributed by atoms with Crippen LogP contribution in [0.15, 0.2) is 108 Å². The standard InChI is InChI=1S/C26H19NO/c1-3-10-19(11-4-1)18-24-25(27-26(28-24)21-13-5-2-6-14-21)23-17-9-15-20-12-7-8-16-22(20)23/h1-17H,18H2. The molecular weight excluding hydrogens is 342 g/mol. The molecule has 0 spiro atoms. The Labute approximate surface area is 164 Å². The van der Waals surface area contributed by atoms with E-state index < -0.39 is 0 Å². The zero-order valence-corrected chi connectivity index (χ0v) is 15.4. The molecule has 1 aromatic heterocycles. The summed E-state index contributed by atoms with van der Waals surface area (Å²) in [5.74, 6) is 1.55. The van der Waals surface area contributed by atoms with Crippen LogP contribution in [-0.2, 0) is 6.42 Å². The maximum Gasteiger partial charge on any atom is 0.226 e. The van der Waals surface area contributed by atoms with Gasteiger partial charge in [0.2, 0.25) is 5.89 Å². The first-order valence-electron chi connectivity index (χ1n) is 9.46. The number of oxazole rings is 1. The Morgan fingerprint density at radius 2 is 1.32 bits per heavy atom. The molecule has 0 bridgehead atoms. The summed E-state index contributed by atoms with van der Waals surface area (Å²) in [6.45, 7) is 0. The number of nitrogens with zero attached hydrogens (tertiary/aromatic N) is 1. The van der Waals surface area contributed by atoms with Crippen molar-refractivity contribution in [3.8, 4) is 22.7 Å². The van der Waals surface area contributed by atoms with E-state index in [-0.39, 0.29) is 0 Å². The molecule has 0 saturated heterocycles. The topological polar surface area (TPSA) is 26.0 Å². The molecule has 0 atom stereocenters. The van der Waals surface area contributed by atoms with Gasteiger partial charge in [0.05, 0.1) is 0 Å². The first kappa shape index (κ1) is 16.5. The van der Waals surface area contributed by atoms with E-state index in [0.717, 1.165) is 22.6 Å². The van der Waals surface area contributed by atoms with Gasteiger partial charge in [-0.15, -0.1) is 0 Å². The van der Waals surface area contributed by atoms with Gasteiger partial charge in [0.15, 0.2) is 0 Å². The van der Waals surface area contributed by atoms with Gasteiger partial charge in [-0.25, -0.2) is 4.98 Å². The van der Waals surface area contributed by atoms with Crippen LogP contribution in [0.4, 0.5) is 0 Å². The van der Waals surface area contributed by atoms with Gasteiger partial charge in [0, 0.05) is 17.5 Å². The number of benzene rings is 4. The molecule has 0 unspecified atom stereocenters. The van der Waals surface area contributed by atoms with E-state index in [1.54, 1.807) is 0 Å². The second-order valence-electron chi connectivity index (χ2n) is 6.85. The SMILES string of the molecule is c1ccc(Cc2oc(-c3ccccc3)nc2-c2cccc3ccccc23)cc1. The third-order valence-corrected chi connectivity index (χ3v) is 4.97. The highest BCUT2D eigenvalue weighted by molar-refractivity contribution is 5.96. The zero-order valence-electron chi connectivity index (χ0n) is 15.4. The summed E-state index contributed by atoms with van der Waals surface area (Å²) in [6.07, 6.45) is 0.708. The van der Waals surface area contributed by atoms with Crippen molar-refractivity contribution in [3.05, 3.63) is 114 Å². The number of fused-ring (bicyclic) bond motifs is 1. The minimum atomic E-state index is 0.662. The van der Waals surface area contributed by atoms with Gasteiger partial charge in [0.1, 0.15) is 11.5 Å². The van der Waals surface area contributed by atoms with Crippen LogP contribution in [0.3, 0.4) is 0 Å². The fourth-order valence-corrected chi connectivity index (χ4v) is 3.60. The second-order valence-corrected chi connectivity index (χ2v) is 6.85. The quantitative estimate of drug-likeness (QED) is 0.354. The predicted octanol–water partition coefficient (Wildman–Crippen LogP) is 6.75. The zero-order chi connectivity index (χ0) is 18.8. The lowest BCUT2D eigenvalue weighted by Crippen LogP contribution is -1.90. The second kappa shape index (κ2) is 7.16. The van der Waals surface area contributed by atoms with E-state index in [1.807, 2.05) is 36.4 Å². The molecule has 0 fully saturated rings. The Morgan fingerprint density at radius 1 is 0.643 bits per heavy atom. The summed E-state index contributed by atoms with van der Waals surface area (Å²) in [5.41, 5.74) is 4.22. The van der Waals surface area contributed by atoms with Gasteiger partial charge < -0.3 is 4.42 Å².